The molecule has 4 nitrogen and oxygen atoms in total. The van der Waals surface area contributed by atoms with E-state index in [0.29, 0.717) is 22.5 Å². The number of thioether (sulfide) groups is 2. The Morgan fingerprint density at radius 3 is 3.05 bits per heavy atom. The summed E-state index contributed by atoms with van der Waals surface area (Å²) in [5.41, 5.74) is 0. The van der Waals surface area contributed by atoms with Crippen molar-refractivity contribution in [2.24, 2.45) is 11.8 Å². The lowest BCUT2D eigenvalue weighted by molar-refractivity contribution is 0.300. The van der Waals surface area contributed by atoms with Crippen molar-refractivity contribution >= 4 is 23.5 Å². The van der Waals surface area contributed by atoms with Crippen molar-refractivity contribution in [2.45, 2.75) is 42.7 Å². The molecule has 20 heavy (non-hydrogen) atoms. The lowest BCUT2D eigenvalue weighted by Gasteiger charge is -2.24. The summed E-state index contributed by atoms with van der Waals surface area (Å²) in [6.07, 6.45) is 4.03. The maximum absolute atomic E-state index is 5.61. The smallest absolute Gasteiger partial charge is 0.244 e. The van der Waals surface area contributed by atoms with Crippen LogP contribution in [-0.2, 0) is 0 Å². The molecule has 0 aromatic carbocycles. The molecule has 0 radical (unpaired) electrons. The first kappa shape index (κ1) is 13.5. The quantitative estimate of drug-likeness (QED) is 0.906. The van der Waals surface area contributed by atoms with Crippen LogP contribution in [0, 0.1) is 11.8 Å². The van der Waals surface area contributed by atoms with Crippen molar-refractivity contribution < 1.29 is 4.52 Å². The van der Waals surface area contributed by atoms with Crippen LogP contribution < -0.4 is 5.32 Å². The van der Waals surface area contributed by atoms with Crippen molar-refractivity contribution in [3.05, 3.63) is 11.7 Å². The monoisotopic (exact) mass is 311 g/mol. The van der Waals surface area contributed by atoms with Gasteiger partial charge in [-0.05, 0) is 31.2 Å². The van der Waals surface area contributed by atoms with E-state index in [-0.39, 0.29) is 0 Å². The first-order chi connectivity index (χ1) is 9.83. The summed E-state index contributed by atoms with van der Waals surface area (Å²) in [4.78, 5) is 4.75. The first-order valence-electron chi connectivity index (χ1n) is 7.63. The standard InChI is InChI=1S/C14H21N3OS2/c1-8-12(20-6-5-19-8)13-16-14(18-17-13)11-10-4-2-3-9(10)7-15-11/h8-12,15H,2-7H2,1H3. The molecule has 1 saturated carbocycles. The molecule has 1 aliphatic carbocycles. The van der Waals surface area contributed by atoms with Gasteiger partial charge in [0.15, 0.2) is 5.82 Å². The van der Waals surface area contributed by atoms with E-state index >= 15 is 0 Å². The zero-order valence-electron chi connectivity index (χ0n) is 11.7. The molecule has 2 saturated heterocycles. The van der Waals surface area contributed by atoms with Gasteiger partial charge in [0.2, 0.25) is 5.89 Å². The highest BCUT2D eigenvalue weighted by atomic mass is 32.2. The van der Waals surface area contributed by atoms with E-state index in [1.807, 2.05) is 23.5 Å². The van der Waals surface area contributed by atoms with E-state index in [4.69, 9.17) is 9.51 Å². The van der Waals surface area contributed by atoms with Gasteiger partial charge in [-0.25, -0.2) is 0 Å². The highest BCUT2D eigenvalue weighted by Crippen LogP contribution is 2.45. The van der Waals surface area contributed by atoms with Crippen molar-refractivity contribution in [3.8, 4) is 0 Å². The summed E-state index contributed by atoms with van der Waals surface area (Å²) in [7, 11) is 0. The van der Waals surface area contributed by atoms with Gasteiger partial charge >= 0.3 is 0 Å². The normalized spacial score (nSPS) is 41.0. The minimum atomic E-state index is 0.306. The number of fused-ring (bicyclic) bond motifs is 1. The molecule has 2 aliphatic heterocycles. The van der Waals surface area contributed by atoms with Gasteiger partial charge in [0.05, 0.1) is 11.3 Å². The molecular formula is C14H21N3OS2. The third-order valence-electron chi connectivity index (χ3n) is 4.91. The summed E-state index contributed by atoms with van der Waals surface area (Å²) in [5.74, 6) is 5.71. The Balaban J connectivity index is 1.53. The largest absolute Gasteiger partial charge is 0.338 e. The van der Waals surface area contributed by atoms with Crippen molar-refractivity contribution in [2.75, 3.05) is 18.1 Å². The van der Waals surface area contributed by atoms with Gasteiger partial charge in [-0.2, -0.15) is 16.7 Å². The molecule has 0 bridgehead atoms. The molecule has 1 aromatic rings. The minimum absolute atomic E-state index is 0.306. The molecule has 1 N–H and O–H groups in total. The molecule has 3 fully saturated rings. The maximum Gasteiger partial charge on any atom is 0.244 e. The molecule has 4 rings (SSSR count). The second-order valence-electron chi connectivity index (χ2n) is 6.10. The Morgan fingerprint density at radius 1 is 1.25 bits per heavy atom. The average Bonchev–Trinajstić information content (AvgIpc) is 3.14. The van der Waals surface area contributed by atoms with Crippen LogP contribution in [-0.4, -0.2) is 33.4 Å². The summed E-state index contributed by atoms with van der Waals surface area (Å²) in [5, 5.41) is 8.86. The molecule has 6 heteroatoms. The minimum Gasteiger partial charge on any atom is -0.338 e. The van der Waals surface area contributed by atoms with Gasteiger partial charge in [-0.1, -0.05) is 18.5 Å². The summed E-state index contributed by atoms with van der Waals surface area (Å²) in [6, 6.07) is 0.306. The molecule has 1 aromatic heterocycles. The number of hydrogen-bond donors (Lipinski definition) is 1. The fourth-order valence-corrected chi connectivity index (χ4v) is 6.54. The molecule has 5 unspecified atom stereocenters. The zero-order chi connectivity index (χ0) is 13.5. The van der Waals surface area contributed by atoms with Crippen molar-refractivity contribution in [3.63, 3.8) is 0 Å². The number of aromatic nitrogens is 2. The van der Waals surface area contributed by atoms with Crippen LogP contribution in [0.25, 0.3) is 0 Å². The van der Waals surface area contributed by atoms with Crippen LogP contribution in [0.2, 0.25) is 0 Å². The van der Waals surface area contributed by atoms with Crippen LogP contribution >= 0.6 is 23.5 Å². The van der Waals surface area contributed by atoms with E-state index in [1.54, 1.807) is 0 Å². The van der Waals surface area contributed by atoms with Gasteiger partial charge in [0, 0.05) is 16.8 Å². The summed E-state index contributed by atoms with van der Waals surface area (Å²) < 4.78 is 5.61. The fraction of sp³-hybridized carbons (Fsp3) is 0.857. The number of nitrogens with one attached hydrogen (secondary N) is 1. The molecule has 0 amide bonds. The molecule has 110 valence electrons. The summed E-state index contributed by atoms with van der Waals surface area (Å²) in [6.45, 7) is 3.40. The van der Waals surface area contributed by atoms with Crippen LogP contribution in [0.15, 0.2) is 4.52 Å². The number of rotatable bonds is 2. The first-order valence-corrected chi connectivity index (χ1v) is 9.73. The van der Waals surface area contributed by atoms with Crippen LogP contribution in [0.1, 0.15) is 49.2 Å². The third kappa shape index (κ3) is 2.29. The second-order valence-corrected chi connectivity index (χ2v) is 8.83. The highest BCUT2D eigenvalue weighted by molar-refractivity contribution is 8.06. The molecule has 3 aliphatic rings. The van der Waals surface area contributed by atoms with E-state index < -0.39 is 0 Å². The Labute approximate surface area is 128 Å². The average molecular weight is 311 g/mol. The van der Waals surface area contributed by atoms with Gasteiger partial charge in [-0.15, -0.1) is 11.8 Å². The lowest BCUT2D eigenvalue weighted by Crippen LogP contribution is -2.19. The Kier molecular flexibility index (Phi) is 3.73. The molecule has 5 atom stereocenters. The van der Waals surface area contributed by atoms with E-state index in [2.05, 4.69) is 17.4 Å². The molecule has 3 heterocycles. The fourth-order valence-electron chi connectivity index (χ4n) is 3.86. The SMILES string of the molecule is CC1SCCSC1c1noc(C2NCC3CCCC32)n1. The number of nitrogens with zero attached hydrogens (tertiary/aromatic N) is 2. The van der Waals surface area contributed by atoms with Crippen LogP contribution in [0.4, 0.5) is 0 Å². The number of hydrogen-bond acceptors (Lipinski definition) is 6. The summed E-state index contributed by atoms with van der Waals surface area (Å²) >= 11 is 3.99. The topological polar surface area (TPSA) is 51.0 Å². The van der Waals surface area contributed by atoms with E-state index in [0.717, 1.165) is 24.2 Å². The highest BCUT2D eigenvalue weighted by Gasteiger charge is 2.42. The van der Waals surface area contributed by atoms with E-state index in [1.165, 1.54) is 30.8 Å². The van der Waals surface area contributed by atoms with Gasteiger partial charge in [0.1, 0.15) is 0 Å². The molecular weight excluding hydrogens is 290 g/mol. The Hall–Kier alpha value is -0.200. The Bertz CT molecular complexity index is 481. The zero-order valence-corrected chi connectivity index (χ0v) is 13.4. The predicted molar refractivity (Wildman–Crippen MR) is 83.0 cm³/mol. The molecule has 0 spiro atoms. The van der Waals surface area contributed by atoms with Gasteiger partial charge in [0.25, 0.3) is 0 Å². The van der Waals surface area contributed by atoms with Crippen molar-refractivity contribution in [1.29, 1.82) is 0 Å². The van der Waals surface area contributed by atoms with Gasteiger partial charge in [-0.3, -0.25) is 0 Å². The third-order valence-corrected chi connectivity index (χ3v) is 8.00. The van der Waals surface area contributed by atoms with E-state index in [9.17, 15) is 0 Å². The van der Waals surface area contributed by atoms with Gasteiger partial charge < -0.3 is 9.84 Å². The Morgan fingerprint density at radius 2 is 2.15 bits per heavy atom. The van der Waals surface area contributed by atoms with Crippen molar-refractivity contribution in [1.82, 2.24) is 15.5 Å². The van der Waals surface area contributed by atoms with Crippen LogP contribution in [0.3, 0.4) is 0 Å². The lowest BCUT2D eigenvalue weighted by atomic mass is 9.94. The second kappa shape index (κ2) is 5.54. The predicted octanol–water partition coefficient (Wildman–Crippen LogP) is 3.04. The maximum atomic E-state index is 5.61. The van der Waals surface area contributed by atoms with Crippen LogP contribution in [0.5, 0.6) is 0 Å².